The standard InChI is InChI=1S/C11H10FN3O2/c1-2-15-8-5-3-7(4-6-9(16)17)10(12)11(8)13-14-15/h3-6H,2H2,1H3,(H,16,17)/b6-4+. The molecule has 0 saturated carbocycles. The van der Waals surface area contributed by atoms with E-state index in [1.807, 2.05) is 6.92 Å². The predicted molar refractivity (Wildman–Crippen MR) is 59.8 cm³/mol. The summed E-state index contributed by atoms with van der Waals surface area (Å²) in [5.41, 5.74) is 0.930. The zero-order chi connectivity index (χ0) is 12.4. The average Bonchev–Trinajstić information content (AvgIpc) is 2.71. The normalized spacial score (nSPS) is 11.4. The third-order valence-electron chi connectivity index (χ3n) is 2.36. The molecule has 88 valence electrons. The summed E-state index contributed by atoms with van der Waals surface area (Å²) in [5.74, 6) is -1.68. The highest BCUT2D eigenvalue weighted by molar-refractivity contribution is 5.87. The van der Waals surface area contributed by atoms with Gasteiger partial charge in [0.2, 0.25) is 0 Å². The number of carboxylic acid groups (broad SMARTS) is 1. The summed E-state index contributed by atoms with van der Waals surface area (Å²) >= 11 is 0. The van der Waals surface area contributed by atoms with Gasteiger partial charge in [-0.3, -0.25) is 0 Å². The van der Waals surface area contributed by atoms with Gasteiger partial charge in [-0.25, -0.2) is 13.9 Å². The van der Waals surface area contributed by atoms with Crippen LogP contribution in [0, 0.1) is 5.82 Å². The second-order valence-electron chi connectivity index (χ2n) is 3.41. The van der Waals surface area contributed by atoms with Crippen molar-refractivity contribution in [2.24, 2.45) is 0 Å². The van der Waals surface area contributed by atoms with Crippen LogP contribution in [0.15, 0.2) is 18.2 Å². The Balaban J connectivity index is 2.54. The Labute approximate surface area is 96.2 Å². The van der Waals surface area contributed by atoms with Gasteiger partial charge in [-0.2, -0.15) is 0 Å². The van der Waals surface area contributed by atoms with Gasteiger partial charge in [-0.1, -0.05) is 5.21 Å². The molecule has 5 nitrogen and oxygen atoms in total. The van der Waals surface area contributed by atoms with Crippen LogP contribution in [0.2, 0.25) is 0 Å². The Morgan fingerprint density at radius 1 is 1.59 bits per heavy atom. The first kappa shape index (κ1) is 11.3. The van der Waals surface area contributed by atoms with Crippen LogP contribution in [0.4, 0.5) is 4.39 Å². The summed E-state index contributed by atoms with van der Waals surface area (Å²) in [4.78, 5) is 10.4. The first-order valence-corrected chi connectivity index (χ1v) is 5.06. The van der Waals surface area contributed by atoms with Crippen molar-refractivity contribution < 1.29 is 14.3 Å². The lowest BCUT2D eigenvalue weighted by molar-refractivity contribution is -0.131. The van der Waals surface area contributed by atoms with E-state index in [4.69, 9.17) is 5.11 Å². The van der Waals surface area contributed by atoms with Gasteiger partial charge in [0.05, 0.1) is 5.52 Å². The summed E-state index contributed by atoms with van der Waals surface area (Å²) in [6.45, 7) is 2.48. The molecule has 0 amide bonds. The van der Waals surface area contributed by atoms with Crippen LogP contribution in [-0.2, 0) is 11.3 Å². The van der Waals surface area contributed by atoms with E-state index in [2.05, 4.69) is 10.3 Å². The molecule has 0 bridgehead atoms. The van der Waals surface area contributed by atoms with Gasteiger partial charge in [0.1, 0.15) is 5.52 Å². The minimum absolute atomic E-state index is 0.152. The van der Waals surface area contributed by atoms with Crippen molar-refractivity contribution in [3.05, 3.63) is 29.6 Å². The number of carboxylic acids is 1. The molecule has 2 rings (SSSR count). The van der Waals surface area contributed by atoms with Crippen molar-refractivity contribution in [3.8, 4) is 0 Å². The minimum Gasteiger partial charge on any atom is -0.478 e. The van der Waals surface area contributed by atoms with Crippen molar-refractivity contribution >= 4 is 23.1 Å². The number of halogens is 1. The summed E-state index contributed by atoms with van der Waals surface area (Å²) in [6, 6.07) is 3.18. The topological polar surface area (TPSA) is 68.0 Å². The number of nitrogens with zero attached hydrogens (tertiary/aromatic N) is 3. The van der Waals surface area contributed by atoms with Crippen LogP contribution >= 0.6 is 0 Å². The molecule has 1 N–H and O–H groups in total. The number of aryl methyl sites for hydroxylation is 1. The Hall–Kier alpha value is -2.24. The van der Waals surface area contributed by atoms with Gasteiger partial charge >= 0.3 is 5.97 Å². The molecule has 0 radical (unpaired) electrons. The monoisotopic (exact) mass is 235 g/mol. The number of hydrogen-bond donors (Lipinski definition) is 1. The van der Waals surface area contributed by atoms with Crippen molar-refractivity contribution in [1.82, 2.24) is 15.0 Å². The SMILES string of the molecule is CCn1nnc2c(F)c(/C=C/C(=O)O)ccc21. The first-order valence-electron chi connectivity index (χ1n) is 5.06. The molecule has 0 saturated heterocycles. The Kier molecular flexibility index (Phi) is 2.86. The summed E-state index contributed by atoms with van der Waals surface area (Å²) in [5, 5.41) is 16.0. The number of fused-ring (bicyclic) bond motifs is 1. The Morgan fingerprint density at radius 2 is 2.35 bits per heavy atom. The fraction of sp³-hybridized carbons (Fsp3) is 0.182. The second kappa shape index (κ2) is 4.32. The van der Waals surface area contributed by atoms with Crippen molar-refractivity contribution in [3.63, 3.8) is 0 Å². The summed E-state index contributed by atoms with van der Waals surface area (Å²) < 4.78 is 15.5. The molecule has 0 spiro atoms. The van der Waals surface area contributed by atoms with Crippen LogP contribution in [0.1, 0.15) is 12.5 Å². The predicted octanol–water partition coefficient (Wildman–Crippen LogP) is 1.69. The van der Waals surface area contributed by atoms with E-state index >= 15 is 0 Å². The lowest BCUT2D eigenvalue weighted by Crippen LogP contribution is -1.96. The van der Waals surface area contributed by atoms with E-state index in [1.165, 1.54) is 12.1 Å². The van der Waals surface area contributed by atoms with Crippen molar-refractivity contribution in [1.29, 1.82) is 0 Å². The quantitative estimate of drug-likeness (QED) is 0.822. The minimum atomic E-state index is -1.12. The van der Waals surface area contributed by atoms with Crippen LogP contribution < -0.4 is 0 Å². The van der Waals surface area contributed by atoms with E-state index in [9.17, 15) is 9.18 Å². The van der Waals surface area contributed by atoms with E-state index in [0.717, 1.165) is 6.08 Å². The van der Waals surface area contributed by atoms with Crippen molar-refractivity contribution in [2.45, 2.75) is 13.5 Å². The van der Waals surface area contributed by atoms with E-state index in [1.54, 1.807) is 10.7 Å². The largest absolute Gasteiger partial charge is 0.478 e. The maximum Gasteiger partial charge on any atom is 0.328 e. The lowest BCUT2D eigenvalue weighted by atomic mass is 10.1. The average molecular weight is 235 g/mol. The highest BCUT2D eigenvalue weighted by Gasteiger charge is 2.11. The molecule has 0 fully saturated rings. The maximum absolute atomic E-state index is 13.9. The van der Waals surface area contributed by atoms with Gasteiger partial charge < -0.3 is 5.11 Å². The molecule has 6 heteroatoms. The smallest absolute Gasteiger partial charge is 0.328 e. The van der Waals surface area contributed by atoms with Gasteiger partial charge in [-0.15, -0.1) is 5.10 Å². The molecular weight excluding hydrogens is 225 g/mol. The van der Waals surface area contributed by atoms with E-state index in [0.29, 0.717) is 12.1 Å². The van der Waals surface area contributed by atoms with E-state index < -0.39 is 11.8 Å². The molecule has 1 heterocycles. The Bertz CT molecular complexity index is 604. The number of aromatic nitrogens is 3. The third-order valence-corrected chi connectivity index (χ3v) is 2.36. The van der Waals surface area contributed by atoms with Gasteiger partial charge in [-0.05, 0) is 25.1 Å². The van der Waals surface area contributed by atoms with Gasteiger partial charge in [0, 0.05) is 18.2 Å². The molecule has 0 aliphatic heterocycles. The second-order valence-corrected chi connectivity index (χ2v) is 3.41. The molecule has 0 aliphatic carbocycles. The summed E-state index contributed by atoms with van der Waals surface area (Å²) in [6.07, 6.45) is 2.08. The highest BCUT2D eigenvalue weighted by atomic mass is 19.1. The molecule has 0 unspecified atom stereocenters. The van der Waals surface area contributed by atoms with Crippen LogP contribution in [0.5, 0.6) is 0 Å². The number of aliphatic carboxylic acids is 1. The number of hydrogen-bond acceptors (Lipinski definition) is 3. The highest BCUT2D eigenvalue weighted by Crippen LogP contribution is 2.19. The number of carbonyl (C=O) groups is 1. The van der Waals surface area contributed by atoms with E-state index in [-0.39, 0.29) is 11.1 Å². The zero-order valence-electron chi connectivity index (χ0n) is 9.09. The molecule has 0 atom stereocenters. The molecule has 0 aliphatic rings. The van der Waals surface area contributed by atoms with Crippen LogP contribution in [0.3, 0.4) is 0 Å². The fourth-order valence-electron chi connectivity index (χ4n) is 1.54. The summed E-state index contributed by atoms with van der Waals surface area (Å²) in [7, 11) is 0. The molecule has 2 aromatic rings. The van der Waals surface area contributed by atoms with Crippen LogP contribution in [-0.4, -0.2) is 26.1 Å². The number of rotatable bonds is 3. The van der Waals surface area contributed by atoms with Gasteiger partial charge in [0.15, 0.2) is 5.82 Å². The Morgan fingerprint density at radius 3 is 3.00 bits per heavy atom. The first-order chi connectivity index (χ1) is 8.13. The fourth-order valence-corrected chi connectivity index (χ4v) is 1.54. The van der Waals surface area contributed by atoms with Crippen molar-refractivity contribution in [2.75, 3.05) is 0 Å². The van der Waals surface area contributed by atoms with Gasteiger partial charge in [0.25, 0.3) is 0 Å². The zero-order valence-corrected chi connectivity index (χ0v) is 9.09. The molecule has 17 heavy (non-hydrogen) atoms. The molecule has 1 aromatic heterocycles. The lowest BCUT2D eigenvalue weighted by Gasteiger charge is -1.99. The number of benzene rings is 1. The molecule has 1 aromatic carbocycles. The third kappa shape index (κ3) is 2.01. The van der Waals surface area contributed by atoms with Crippen LogP contribution in [0.25, 0.3) is 17.1 Å². The molecular formula is C11H10FN3O2. The maximum atomic E-state index is 13.9.